The molecule has 0 amide bonds. The Morgan fingerprint density at radius 2 is 2.00 bits per heavy atom. The summed E-state index contributed by atoms with van der Waals surface area (Å²) in [5.74, 6) is 5.72. The van der Waals surface area contributed by atoms with Crippen molar-refractivity contribution < 1.29 is 10.2 Å². The van der Waals surface area contributed by atoms with E-state index in [0.29, 0.717) is 6.54 Å². The van der Waals surface area contributed by atoms with Crippen LogP contribution >= 0.6 is 0 Å². The van der Waals surface area contributed by atoms with Gasteiger partial charge in [0.15, 0.2) is 0 Å². The molecule has 2 aromatic rings. The Kier molecular flexibility index (Phi) is 5.55. The number of rotatable bonds is 4. The highest BCUT2D eigenvalue weighted by Gasteiger charge is 2.31. The summed E-state index contributed by atoms with van der Waals surface area (Å²) >= 11 is 0. The lowest BCUT2D eigenvalue weighted by Gasteiger charge is -2.15. The van der Waals surface area contributed by atoms with Crippen LogP contribution in [0.25, 0.3) is 0 Å². The minimum Gasteiger partial charge on any atom is -0.391 e. The first-order chi connectivity index (χ1) is 11.7. The summed E-state index contributed by atoms with van der Waals surface area (Å²) in [5, 5.41) is 19.0. The Balaban J connectivity index is 1.57. The molecule has 0 saturated carbocycles. The van der Waals surface area contributed by atoms with E-state index < -0.39 is 0 Å². The molecular weight excluding hydrogens is 302 g/mol. The van der Waals surface area contributed by atoms with Crippen LogP contribution in [0.4, 0.5) is 0 Å². The van der Waals surface area contributed by atoms with Crippen molar-refractivity contribution >= 4 is 0 Å². The van der Waals surface area contributed by atoms with Crippen LogP contribution in [0.1, 0.15) is 16.8 Å². The van der Waals surface area contributed by atoms with E-state index in [2.05, 4.69) is 26.7 Å². The van der Waals surface area contributed by atoms with Gasteiger partial charge in [0, 0.05) is 49.7 Å². The Bertz CT molecular complexity index is 707. The van der Waals surface area contributed by atoms with Gasteiger partial charge in [-0.25, -0.2) is 0 Å². The highest BCUT2D eigenvalue weighted by Crippen LogP contribution is 2.22. The van der Waals surface area contributed by atoms with Gasteiger partial charge in [-0.1, -0.05) is 24.0 Å². The molecule has 24 heavy (non-hydrogen) atoms. The van der Waals surface area contributed by atoms with Gasteiger partial charge in [0.2, 0.25) is 0 Å². The minimum atomic E-state index is -0.332. The fourth-order valence-electron chi connectivity index (χ4n) is 3.07. The van der Waals surface area contributed by atoms with Gasteiger partial charge in [0.25, 0.3) is 0 Å². The second-order valence-corrected chi connectivity index (χ2v) is 6.08. The molecule has 5 heteroatoms. The number of hydrogen-bond acceptors (Lipinski definition) is 5. The van der Waals surface area contributed by atoms with E-state index in [1.54, 1.807) is 18.6 Å². The molecule has 124 valence electrons. The molecule has 2 atom stereocenters. The normalized spacial score (nSPS) is 20.6. The summed E-state index contributed by atoms with van der Waals surface area (Å²) in [6.45, 7) is 2.21. The van der Waals surface area contributed by atoms with Gasteiger partial charge >= 0.3 is 0 Å². The van der Waals surface area contributed by atoms with Crippen molar-refractivity contribution in [3.05, 3.63) is 59.7 Å². The van der Waals surface area contributed by atoms with E-state index in [-0.39, 0.29) is 18.6 Å². The molecular formula is C19H21N3O2. The maximum Gasteiger partial charge on any atom is 0.104 e. The van der Waals surface area contributed by atoms with Gasteiger partial charge in [-0.3, -0.25) is 14.9 Å². The second kappa shape index (κ2) is 8.02. The average molecular weight is 323 g/mol. The molecule has 0 bridgehead atoms. The third kappa shape index (κ3) is 4.39. The SMILES string of the molecule is OCC#Cc1ccc(CN2C[C@@H](Cc3cnccn3)[C@H](O)C2)cc1. The van der Waals surface area contributed by atoms with Crippen LogP contribution in [0, 0.1) is 17.8 Å². The quantitative estimate of drug-likeness (QED) is 0.817. The molecule has 1 fully saturated rings. The molecule has 1 aromatic carbocycles. The van der Waals surface area contributed by atoms with Crippen LogP contribution < -0.4 is 0 Å². The standard InChI is InChI=1S/C19H21N3O2/c23-9-1-2-15-3-5-16(6-4-15)12-22-13-17(19(24)14-22)10-18-11-20-7-8-21-18/h3-8,11,17,19,23-24H,9-10,12-14H2/t17-,19-/m1/s1. The summed E-state index contributed by atoms with van der Waals surface area (Å²) in [5.41, 5.74) is 3.02. The first-order valence-electron chi connectivity index (χ1n) is 8.08. The predicted octanol–water partition coefficient (Wildman–Crippen LogP) is 0.856. The molecule has 1 aromatic heterocycles. The van der Waals surface area contributed by atoms with Gasteiger partial charge in [0.1, 0.15) is 6.61 Å². The van der Waals surface area contributed by atoms with E-state index in [0.717, 1.165) is 30.8 Å². The van der Waals surface area contributed by atoms with Crippen molar-refractivity contribution in [2.24, 2.45) is 5.92 Å². The van der Waals surface area contributed by atoms with Crippen molar-refractivity contribution in [2.45, 2.75) is 19.1 Å². The lowest BCUT2D eigenvalue weighted by molar-refractivity contribution is 0.140. The smallest absolute Gasteiger partial charge is 0.104 e. The van der Waals surface area contributed by atoms with E-state index in [1.807, 2.05) is 24.3 Å². The van der Waals surface area contributed by atoms with Crippen LogP contribution in [0.3, 0.4) is 0 Å². The lowest BCUT2D eigenvalue weighted by atomic mass is 10.0. The molecule has 5 nitrogen and oxygen atoms in total. The number of benzene rings is 1. The molecule has 0 aliphatic carbocycles. The predicted molar refractivity (Wildman–Crippen MR) is 90.9 cm³/mol. The van der Waals surface area contributed by atoms with Gasteiger partial charge in [0.05, 0.1) is 11.8 Å². The lowest BCUT2D eigenvalue weighted by Crippen LogP contribution is -2.21. The summed E-state index contributed by atoms with van der Waals surface area (Å²) in [7, 11) is 0. The molecule has 1 aliphatic heterocycles. The van der Waals surface area contributed by atoms with Crippen molar-refractivity contribution in [3.8, 4) is 11.8 Å². The number of aliphatic hydroxyl groups excluding tert-OH is 2. The molecule has 0 radical (unpaired) electrons. The number of β-amino-alcohol motifs (C(OH)–C–C–N with tert-alkyl or cyclic N) is 1. The molecule has 2 heterocycles. The topological polar surface area (TPSA) is 69.5 Å². The maximum atomic E-state index is 10.3. The Morgan fingerprint density at radius 3 is 2.71 bits per heavy atom. The van der Waals surface area contributed by atoms with Crippen LogP contribution in [0.15, 0.2) is 42.9 Å². The van der Waals surface area contributed by atoms with E-state index in [1.165, 1.54) is 5.56 Å². The zero-order valence-electron chi connectivity index (χ0n) is 13.5. The summed E-state index contributed by atoms with van der Waals surface area (Å²) in [6.07, 6.45) is 5.54. The first kappa shape index (κ1) is 16.6. The van der Waals surface area contributed by atoms with Gasteiger partial charge in [-0.15, -0.1) is 0 Å². The molecule has 1 saturated heterocycles. The Morgan fingerprint density at radius 1 is 1.17 bits per heavy atom. The number of aliphatic hydroxyl groups is 2. The van der Waals surface area contributed by atoms with Crippen molar-refractivity contribution in [1.82, 2.24) is 14.9 Å². The fraction of sp³-hybridized carbons (Fsp3) is 0.368. The summed E-state index contributed by atoms with van der Waals surface area (Å²) in [6, 6.07) is 8.01. The van der Waals surface area contributed by atoms with Crippen LogP contribution in [-0.2, 0) is 13.0 Å². The van der Waals surface area contributed by atoms with Gasteiger partial charge < -0.3 is 10.2 Å². The largest absolute Gasteiger partial charge is 0.391 e. The third-order valence-electron chi connectivity index (χ3n) is 4.24. The van der Waals surface area contributed by atoms with E-state index >= 15 is 0 Å². The number of nitrogens with zero attached hydrogens (tertiary/aromatic N) is 3. The van der Waals surface area contributed by atoms with Gasteiger partial charge in [-0.2, -0.15) is 0 Å². The van der Waals surface area contributed by atoms with Crippen LogP contribution in [0.5, 0.6) is 0 Å². The minimum absolute atomic E-state index is 0.124. The monoisotopic (exact) mass is 323 g/mol. The van der Waals surface area contributed by atoms with E-state index in [9.17, 15) is 5.11 Å². The van der Waals surface area contributed by atoms with Crippen molar-refractivity contribution in [1.29, 1.82) is 0 Å². The molecule has 2 N–H and O–H groups in total. The van der Waals surface area contributed by atoms with Gasteiger partial charge in [-0.05, 0) is 24.1 Å². The second-order valence-electron chi connectivity index (χ2n) is 6.08. The average Bonchev–Trinajstić information content (AvgIpc) is 2.94. The van der Waals surface area contributed by atoms with Crippen molar-refractivity contribution in [3.63, 3.8) is 0 Å². The molecule has 0 spiro atoms. The van der Waals surface area contributed by atoms with Crippen molar-refractivity contribution in [2.75, 3.05) is 19.7 Å². The van der Waals surface area contributed by atoms with E-state index in [4.69, 9.17) is 5.11 Å². The zero-order chi connectivity index (χ0) is 16.8. The number of likely N-dealkylation sites (tertiary alicyclic amines) is 1. The Labute approximate surface area is 142 Å². The first-order valence-corrected chi connectivity index (χ1v) is 8.08. The highest BCUT2D eigenvalue weighted by atomic mass is 16.3. The number of hydrogen-bond donors (Lipinski definition) is 2. The van der Waals surface area contributed by atoms with Crippen LogP contribution in [0.2, 0.25) is 0 Å². The zero-order valence-corrected chi connectivity index (χ0v) is 13.5. The number of aromatic nitrogens is 2. The van der Waals surface area contributed by atoms with Crippen LogP contribution in [-0.4, -0.2) is 50.9 Å². The molecule has 0 unspecified atom stereocenters. The summed E-state index contributed by atoms with van der Waals surface area (Å²) in [4.78, 5) is 10.6. The molecule has 1 aliphatic rings. The third-order valence-corrected chi connectivity index (χ3v) is 4.24. The Hall–Kier alpha value is -2.26. The summed E-state index contributed by atoms with van der Waals surface area (Å²) < 4.78 is 0. The fourth-order valence-corrected chi connectivity index (χ4v) is 3.07. The highest BCUT2D eigenvalue weighted by molar-refractivity contribution is 5.36. The molecule has 3 rings (SSSR count). The maximum absolute atomic E-state index is 10.3.